The van der Waals surface area contributed by atoms with E-state index in [2.05, 4.69) is 16.2 Å². The summed E-state index contributed by atoms with van der Waals surface area (Å²) in [5.74, 6) is 2.83. The van der Waals surface area contributed by atoms with Crippen LogP contribution < -0.4 is 11.1 Å². The third-order valence-electron chi connectivity index (χ3n) is 0.855. The number of hydrogen-bond donors (Lipinski definition) is 2. The lowest BCUT2D eigenvalue weighted by Crippen LogP contribution is -2.37. The van der Waals surface area contributed by atoms with Gasteiger partial charge in [0.15, 0.2) is 5.96 Å². The summed E-state index contributed by atoms with van der Waals surface area (Å²) in [5, 5.41) is 2.77. The molecule has 3 nitrogen and oxygen atoms in total. The highest BCUT2D eigenvalue weighted by Crippen LogP contribution is 1.73. The minimum absolute atomic E-state index is 0.0475. The number of terminal acetylenes is 1. The molecule has 0 saturated heterocycles. The van der Waals surface area contributed by atoms with Crippen LogP contribution in [0.2, 0.25) is 0 Å². The van der Waals surface area contributed by atoms with Gasteiger partial charge in [0.25, 0.3) is 0 Å². The van der Waals surface area contributed by atoms with Crippen LogP contribution in [0.25, 0.3) is 0 Å². The number of aliphatic imine (C=N–C) groups is 1. The molecule has 0 spiro atoms. The van der Waals surface area contributed by atoms with Gasteiger partial charge in [-0.2, -0.15) is 0 Å². The molecule has 9 heavy (non-hydrogen) atoms. The zero-order valence-electron chi connectivity index (χ0n) is 5.68. The molecule has 0 aromatic heterocycles. The third-order valence-corrected chi connectivity index (χ3v) is 0.855. The van der Waals surface area contributed by atoms with Crippen LogP contribution in [-0.2, 0) is 0 Å². The number of nitrogens with zero attached hydrogens (tertiary/aromatic N) is 1. The minimum atomic E-state index is -0.0475. The first-order valence-corrected chi connectivity index (χ1v) is 2.65. The van der Waals surface area contributed by atoms with E-state index in [1.54, 1.807) is 7.05 Å². The summed E-state index contributed by atoms with van der Waals surface area (Å²) >= 11 is 0. The molecule has 0 radical (unpaired) electrons. The van der Waals surface area contributed by atoms with Crippen LogP contribution in [0.5, 0.6) is 0 Å². The van der Waals surface area contributed by atoms with Crippen molar-refractivity contribution in [2.75, 3.05) is 7.05 Å². The van der Waals surface area contributed by atoms with Gasteiger partial charge in [-0.05, 0) is 6.92 Å². The maximum atomic E-state index is 5.29. The first kappa shape index (κ1) is 7.83. The third kappa shape index (κ3) is 3.42. The Morgan fingerprint density at radius 1 is 1.89 bits per heavy atom. The van der Waals surface area contributed by atoms with Crippen molar-refractivity contribution in [3.63, 3.8) is 0 Å². The second kappa shape index (κ2) is 3.79. The molecule has 0 aromatic carbocycles. The average Bonchev–Trinajstić information content (AvgIpc) is 1.87. The largest absolute Gasteiger partial charge is 0.370 e. The molecule has 0 aliphatic rings. The lowest BCUT2D eigenvalue weighted by atomic mass is 10.4. The van der Waals surface area contributed by atoms with E-state index < -0.39 is 0 Å². The molecule has 3 N–H and O–H groups in total. The Balaban J connectivity index is 3.63. The molecule has 0 heterocycles. The Bertz CT molecular complexity index is 143. The van der Waals surface area contributed by atoms with Gasteiger partial charge in [0.05, 0.1) is 6.04 Å². The maximum Gasteiger partial charge on any atom is 0.189 e. The van der Waals surface area contributed by atoms with Crippen molar-refractivity contribution in [1.29, 1.82) is 0 Å². The molecule has 0 rings (SSSR count). The van der Waals surface area contributed by atoms with E-state index in [9.17, 15) is 0 Å². The van der Waals surface area contributed by atoms with E-state index in [0.29, 0.717) is 5.96 Å². The van der Waals surface area contributed by atoms with E-state index in [1.165, 1.54) is 0 Å². The van der Waals surface area contributed by atoms with Gasteiger partial charge in [-0.15, -0.1) is 6.42 Å². The van der Waals surface area contributed by atoms with E-state index in [-0.39, 0.29) is 6.04 Å². The molecular formula is C6H11N3. The maximum absolute atomic E-state index is 5.29. The number of hydrogen-bond acceptors (Lipinski definition) is 1. The first-order valence-electron chi connectivity index (χ1n) is 2.65. The molecule has 1 atom stereocenters. The highest BCUT2D eigenvalue weighted by Gasteiger charge is 1.93. The zero-order valence-corrected chi connectivity index (χ0v) is 5.68. The normalized spacial score (nSPS) is 14.1. The van der Waals surface area contributed by atoms with Gasteiger partial charge in [-0.1, -0.05) is 5.92 Å². The Morgan fingerprint density at radius 3 is 2.78 bits per heavy atom. The van der Waals surface area contributed by atoms with E-state index in [0.717, 1.165) is 0 Å². The Kier molecular flexibility index (Phi) is 3.29. The fraction of sp³-hybridized carbons (Fsp3) is 0.500. The van der Waals surface area contributed by atoms with Crippen LogP contribution in [0.1, 0.15) is 6.92 Å². The topological polar surface area (TPSA) is 50.4 Å². The van der Waals surface area contributed by atoms with Crippen molar-refractivity contribution in [2.24, 2.45) is 10.7 Å². The standard InChI is InChI=1S/C6H11N3/c1-4-5(2)9-6(7)8-3/h1,5H,2-3H3,(H3,7,8,9). The van der Waals surface area contributed by atoms with Crippen molar-refractivity contribution in [3.05, 3.63) is 0 Å². The van der Waals surface area contributed by atoms with Crippen LogP contribution in [0.3, 0.4) is 0 Å². The first-order chi connectivity index (χ1) is 4.20. The fourth-order valence-corrected chi connectivity index (χ4v) is 0.328. The number of nitrogens with one attached hydrogen (secondary N) is 1. The summed E-state index contributed by atoms with van der Waals surface area (Å²) in [4.78, 5) is 3.66. The predicted molar refractivity (Wildman–Crippen MR) is 39.0 cm³/mol. The summed E-state index contributed by atoms with van der Waals surface area (Å²) in [7, 11) is 1.60. The Hall–Kier alpha value is -1.17. The van der Waals surface area contributed by atoms with Crippen LogP contribution in [0, 0.1) is 12.3 Å². The summed E-state index contributed by atoms with van der Waals surface area (Å²) in [5.41, 5.74) is 5.29. The molecule has 0 aromatic rings. The van der Waals surface area contributed by atoms with Gasteiger partial charge in [-0.25, -0.2) is 0 Å². The second-order valence-electron chi connectivity index (χ2n) is 1.64. The molecule has 0 aliphatic heterocycles. The van der Waals surface area contributed by atoms with Gasteiger partial charge in [0.2, 0.25) is 0 Å². The van der Waals surface area contributed by atoms with Crippen molar-refractivity contribution in [1.82, 2.24) is 5.32 Å². The molecule has 0 saturated carbocycles. The quantitative estimate of drug-likeness (QED) is 0.283. The summed E-state index contributed by atoms with van der Waals surface area (Å²) in [6, 6.07) is -0.0475. The van der Waals surface area contributed by atoms with E-state index in [1.807, 2.05) is 6.92 Å². The lowest BCUT2D eigenvalue weighted by Gasteiger charge is -2.05. The van der Waals surface area contributed by atoms with Gasteiger partial charge in [-0.3, -0.25) is 4.99 Å². The highest BCUT2D eigenvalue weighted by molar-refractivity contribution is 5.78. The molecular weight excluding hydrogens is 114 g/mol. The number of rotatable bonds is 1. The van der Waals surface area contributed by atoms with Gasteiger partial charge in [0, 0.05) is 7.05 Å². The monoisotopic (exact) mass is 125 g/mol. The molecule has 0 aliphatic carbocycles. The van der Waals surface area contributed by atoms with E-state index in [4.69, 9.17) is 12.2 Å². The molecule has 1 unspecified atom stereocenters. The van der Waals surface area contributed by atoms with Crippen molar-refractivity contribution in [3.8, 4) is 12.3 Å². The predicted octanol–water partition coefficient (Wildman–Crippen LogP) is -0.458. The van der Waals surface area contributed by atoms with Gasteiger partial charge >= 0.3 is 0 Å². The van der Waals surface area contributed by atoms with Crippen LogP contribution in [0.4, 0.5) is 0 Å². The van der Waals surface area contributed by atoms with Crippen LogP contribution >= 0.6 is 0 Å². The fourth-order valence-electron chi connectivity index (χ4n) is 0.328. The summed E-state index contributed by atoms with van der Waals surface area (Å²) < 4.78 is 0. The average molecular weight is 125 g/mol. The summed E-state index contributed by atoms with van der Waals surface area (Å²) in [6.45, 7) is 1.83. The van der Waals surface area contributed by atoms with Gasteiger partial charge in [0.1, 0.15) is 0 Å². The number of guanidine groups is 1. The molecule has 0 amide bonds. The van der Waals surface area contributed by atoms with Crippen LogP contribution in [0.15, 0.2) is 4.99 Å². The second-order valence-corrected chi connectivity index (χ2v) is 1.64. The molecule has 3 heteroatoms. The lowest BCUT2D eigenvalue weighted by molar-refractivity contribution is 0.822. The number of nitrogens with two attached hydrogens (primary N) is 1. The molecule has 0 bridgehead atoms. The minimum Gasteiger partial charge on any atom is -0.370 e. The van der Waals surface area contributed by atoms with Gasteiger partial charge < -0.3 is 11.1 Å². The Morgan fingerprint density at radius 2 is 2.44 bits per heavy atom. The van der Waals surface area contributed by atoms with Crippen molar-refractivity contribution in [2.45, 2.75) is 13.0 Å². The smallest absolute Gasteiger partial charge is 0.189 e. The Labute approximate surface area is 55.3 Å². The van der Waals surface area contributed by atoms with Crippen molar-refractivity contribution < 1.29 is 0 Å². The highest BCUT2D eigenvalue weighted by atomic mass is 15.1. The van der Waals surface area contributed by atoms with E-state index >= 15 is 0 Å². The SMILES string of the molecule is C#CC(C)NC(N)=NC. The summed E-state index contributed by atoms with van der Waals surface area (Å²) in [6.07, 6.45) is 5.05. The van der Waals surface area contributed by atoms with Crippen LogP contribution in [-0.4, -0.2) is 19.0 Å². The molecule has 50 valence electrons. The zero-order chi connectivity index (χ0) is 7.28. The van der Waals surface area contributed by atoms with Crippen molar-refractivity contribution >= 4 is 5.96 Å². The molecule has 0 fully saturated rings.